The zero-order chi connectivity index (χ0) is 21.8. The zero-order valence-corrected chi connectivity index (χ0v) is 16.9. The normalized spacial score (nSPS) is 13.8. The van der Waals surface area contributed by atoms with E-state index in [0.29, 0.717) is 32.1 Å². The van der Waals surface area contributed by atoms with Crippen molar-refractivity contribution in [2.45, 2.75) is 50.2 Å². The zero-order valence-electron chi connectivity index (χ0n) is 16.9. The Kier molecular flexibility index (Phi) is 9.69. The highest BCUT2D eigenvalue weighted by Gasteiger charge is 2.25. The molecule has 1 heterocycles. The summed E-state index contributed by atoms with van der Waals surface area (Å²) in [4.78, 5) is 43.6. The highest BCUT2D eigenvalue weighted by Crippen LogP contribution is 2.06. The molecule has 2 aromatic rings. The fourth-order valence-corrected chi connectivity index (χ4v) is 3.05. The summed E-state index contributed by atoms with van der Waals surface area (Å²) in [5.74, 6) is -0.856. The summed E-state index contributed by atoms with van der Waals surface area (Å²) < 4.78 is 0. The molecule has 0 fully saturated rings. The summed E-state index contributed by atoms with van der Waals surface area (Å²) >= 11 is 0. The van der Waals surface area contributed by atoms with Crippen LogP contribution in [-0.2, 0) is 27.2 Å². The van der Waals surface area contributed by atoms with Crippen LogP contribution in [-0.4, -0.2) is 52.7 Å². The monoisotopic (exact) mass is 414 g/mol. The van der Waals surface area contributed by atoms with Crippen LogP contribution in [0.25, 0.3) is 0 Å². The lowest BCUT2D eigenvalue weighted by Crippen LogP contribution is -2.54. The van der Waals surface area contributed by atoms with Crippen LogP contribution in [0, 0.1) is 0 Å². The molecule has 9 nitrogen and oxygen atoms in total. The van der Waals surface area contributed by atoms with Crippen LogP contribution in [0.3, 0.4) is 0 Å². The maximum atomic E-state index is 12.8. The van der Waals surface area contributed by atoms with Crippen LogP contribution in [0.5, 0.6) is 0 Å². The third-order valence-corrected chi connectivity index (χ3v) is 4.70. The van der Waals surface area contributed by atoms with Gasteiger partial charge in [-0.1, -0.05) is 30.3 Å². The van der Waals surface area contributed by atoms with Crippen molar-refractivity contribution < 1.29 is 14.4 Å². The van der Waals surface area contributed by atoms with Crippen molar-refractivity contribution in [2.24, 2.45) is 11.5 Å². The van der Waals surface area contributed by atoms with Crippen LogP contribution in [0.1, 0.15) is 30.5 Å². The van der Waals surface area contributed by atoms with E-state index in [9.17, 15) is 14.4 Å². The van der Waals surface area contributed by atoms with E-state index >= 15 is 0 Å². The Morgan fingerprint density at radius 3 is 2.50 bits per heavy atom. The minimum Gasteiger partial charge on any atom is -0.348 e. The third kappa shape index (κ3) is 7.76. The highest BCUT2D eigenvalue weighted by molar-refractivity contribution is 5.90. The van der Waals surface area contributed by atoms with Gasteiger partial charge in [-0.2, -0.15) is 0 Å². The number of benzene rings is 1. The first-order valence-electron chi connectivity index (χ1n) is 10.1. The molecule has 0 saturated heterocycles. The number of aromatic amines is 1. The highest BCUT2D eigenvalue weighted by atomic mass is 16.2. The van der Waals surface area contributed by atoms with E-state index < -0.39 is 29.9 Å². The Bertz CT molecular complexity index is 781. The Hall–Kier alpha value is -3.04. The topological polar surface area (TPSA) is 156 Å². The van der Waals surface area contributed by atoms with Crippen molar-refractivity contribution in [2.75, 3.05) is 6.54 Å². The van der Waals surface area contributed by atoms with Crippen molar-refractivity contribution in [1.82, 2.24) is 20.6 Å². The van der Waals surface area contributed by atoms with Gasteiger partial charge >= 0.3 is 0 Å². The van der Waals surface area contributed by atoms with Crippen molar-refractivity contribution in [1.29, 1.82) is 0 Å². The number of rotatable bonds is 13. The largest absolute Gasteiger partial charge is 0.348 e. The first-order valence-corrected chi connectivity index (χ1v) is 10.1. The Morgan fingerprint density at radius 1 is 1.10 bits per heavy atom. The van der Waals surface area contributed by atoms with Crippen LogP contribution < -0.4 is 22.1 Å². The third-order valence-electron chi connectivity index (χ3n) is 4.70. The molecule has 9 heteroatoms. The maximum Gasteiger partial charge on any atom is 0.243 e. The lowest BCUT2D eigenvalue weighted by atomic mass is 10.0. The molecule has 7 N–H and O–H groups in total. The van der Waals surface area contributed by atoms with E-state index in [2.05, 4.69) is 20.6 Å². The average Bonchev–Trinajstić information content (AvgIpc) is 3.26. The van der Waals surface area contributed by atoms with Crippen LogP contribution >= 0.6 is 0 Å². The second-order valence-corrected chi connectivity index (χ2v) is 7.17. The summed E-state index contributed by atoms with van der Waals surface area (Å²) in [5, 5.41) is 5.44. The number of amides is 2. The molecule has 3 atom stereocenters. The van der Waals surface area contributed by atoms with Gasteiger partial charge in [0, 0.05) is 18.3 Å². The minimum absolute atomic E-state index is 0.272. The quantitative estimate of drug-likeness (QED) is 0.226. The van der Waals surface area contributed by atoms with E-state index in [0.717, 1.165) is 17.7 Å². The van der Waals surface area contributed by atoms with Gasteiger partial charge in [-0.25, -0.2) is 4.98 Å². The molecule has 0 aliphatic heterocycles. The van der Waals surface area contributed by atoms with Gasteiger partial charge < -0.3 is 31.9 Å². The van der Waals surface area contributed by atoms with Gasteiger partial charge in [0.2, 0.25) is 11.8 Å². The molecule has 30 heavy (non-hydrogen) atoms. The molecule has 0 aliphatic rings. The van der Waals surface area contributed by atoms with Crippen LogP contribution in [0.15, 0.2) is 42.9 Å². The second kappa shape index (κ2) is 12.5. The fraction of sp³-hybridized carbons (Fsp3) is 0.429. The number of nitrogens with two attached hydrogens (primary N) is 2. The van der Waals surface area contributed by atoms with Crippen molar-refractivity contribution >= 4 is 18.1 Å². The van der Waals surface area contributed by atoms with Gasteiger partial charge in [-0.15, -0.1) is 0 Å². The molecule has 0 saturated carbocycles. The van der Waals surface area contributed by atoms with Gasteiger partial charge in [0.05, 0.1) is 18.4 Å². The lowest BCUT2D eigenvalue weighted by Gasteiger charge is -2.22. The van der Waals surface area contributed by atoms with Gasteiger partial charge in [-0.3, -0.25) is 9.59 Å². The van der Waals surface area contributed by atoms with E-state index in [-0.39, 0.29) is 6.42 Å². The smallest absolute Gasteiger partial charge is 0.243 e. The predicted octanol–water partition coefficient (Wildman–Crippen LogP) is -0.180. The number of nitrogens with zero attached hydrogens (tertiary/aromatic N) is 1. The van der Waals surface area contributed by atoms with Gasteiger partial charge in [0.25, 0.3) is 0 Å². The number of hydrogen-bond acceptors (Lipinski definition) is 6. The average molecular weight is 415 g/mol. The molecule has 1 aromatic carbocycles. The molecule has 0 unspecified atom stereocenters. The standard InChI is InChI=1S/C21H30N6O3/c22-9-5-4-8-19(27-20(29)18(23)11-16-12-24-14-25-16)21(30)26-17(13-28)10-15-6-2-1-3-7-15/h1-3,6-7,12-14,17-19H,4-5,8-11,22-23H2,(H,24,25)(H,26,30)(H,27,29)/t17-,18-,19-/m0/s1. The summed E-state index contributed by atoms with van der Waals surface area (Å²) in [6.07, 6.45) is 6.24. The molecule has 0 aliphatic carbocycles. The molecule has 0 spiro atoms. The summed E-state index contributed by atoms with van der Waals surface area (Å²) in [5.41, 5.74) is 13.2. The van der Waals surface area contributed by atoms with Crippen molar-refractivity contribution in [3.05, 3.63) is 54.1 Å². The predicted molar refractivity (Wildman–Crippen MR) is 113 cm³/mol. The Labute approximate surface area is 176 Å². The van der Waals surface area contributed by atoms with Gasteiger partial charge in [0.15, 0.2) is 0 Å². The molecule has 0 radical (unpaired) electrons. The Morgan fingerprint density at radius 2 is 1.87 bits per heavy atom. The van der Waals surface area contributed by atoms with Crippen molar-refractivity contribution in [3.8, 4) is 0 Å². The number of carbonyl (C=O) groups is 3. The minimum atomic E-state index is -0.832. The van der Waals surface area contributed by atoms with E-state index in [1.807, 2.05) is 30.3 Å². The Balaban J connectivity index is 1.97. The number of imidazole rings is 1. The number of aromatic nitrogens is 2. The number of unbranched alkanes of at least 4 members (excludes halogenated alkanes) is 1. The summed E-state index contributed by atoms with van der Waals surface area (Å²) in [6.45, 7) is 0.493. The second-order valence-electron chi connectivity index (χ2n) is 7.17. The van der Waals surface area contributed by atoms with Crippen LogP contribution in [0.2, 0.25) is 0 Å². The molecule has 2 amide bonds. The molecule has 0 bridgehead atoms. The van der Waals surface area contributed by atoms with Gasteiger partial charge in [-0.05, 0) is 37.8 Å². The molecule has 2 rings (SSSR count). The van der Waals surface area contributed by atoms with Crippen molar-refractivity contribution in [3.63, 3.8) is 0 Å². The molecular formula is C21H30N6O3. The molecule has 162 valence electrons. The van der Waals surface area contributed by atoms with E-state index in [1.54, 1.807) is 6.20 Å². The van der Waals surface area contributed by atoms with Crippen LogP contribution in [0.4, 0.5) is 0 Å². The molecular weight excluding hydrogens is 384 g/mol. The lowest BCUT2D eigenvalue weighted by molar-refractivity contribution is -0.130. The number of carbonyl (C=O) groups excluding carboxylic acids is 3. The number of hydrogen-bond donors (Lipinski definition) is 5. The maximum absolute atomic E-state index is 12.8. The van der Waals surface area contributed by atoms with E-state index in [4.69, 9.17) is 11.5 Å². The molecule has 1 aromatic heterocycles. The number of nitrogens with one attached hydrogen (secondary N) is 3. The fourth-order valence-electron chi connectivity index (χ4n) is 3.05. The summed E-state index contributed by atoms with van der Waals surface area (Å²) in [6, 6.07) is 7.08. The first kappa shape index (κ1) is 23.2. The van der Waals surface area contributed by atoms with E-state index in [1.165, 1.54) is 6.33 Å². The number of aldehydes is 1. The van der Waals surface area contributed by atoms with Gasteiger partial charge in [0.1, 0.15) is 12.3 Å². The number of H-pyrrole nitrogens is 1. The first-order chi connectivity index (χ1) is 14.5. The summed E-state index contributed by atoms with van der Waals surface area (Å²) in [7, 11) is 0. The SMILES string of the molecule is NCCCC[C@H](NC(=O)[C@@H](N)Cc1cnc[nH]1)C(=O)N[C@H](C=O)Cc1ccccc1.